The normalized spacial score (nSPS) is 25.4. The average Bonchev–Trinajstić information content (AvgIpc) is 2.47. The van der Waals surface area contributed by atoms with Gasteiger partial charge in [0.25, 0.3) is 0 Å². The molecule has 1 aromatic rings. The van der Waals surface area contributed by atoms with Crippen molar-refractivity contribution in [1.29, 1.82) is 0 Å². The van der Waals surface area contributed by atoms with E-state index in [2.05, 4.69) is 42.7 Å². The van der Waals surface area contributed by atoms with Crippen molar-refractivity contribution in [1.82, 2.24) is 0 Å². The number of anilines is 2. The van der Waals surface area contributed by atoms with Crippen LogP contribution in [-0.2, 0) is 4.79 Å². The standard InChI is InChI=1S/C17H24N2OS/c1-11(2)12-4-3-5-13(8-12)18-14-6-7-16-15(9-14)19-17(20)10-21-16/h6-7,9,11-13,18H,3-5,8,10H2,1-2H3,(H,19,20). The van der Waals surface area contributed by atoms with Crippen LogP contribution in [0.15, 0.2) is 23.1 Å². The van der Waals surface area contributed by atoms with E-state index in [4.69, 9.17) is 0 Å². The summed E-state index contributed by atoms with van der Waals surface area (Å²) in [4.78, 5) is 12.7. The fourth-order valence-corrected chi connectivity index (χ4v) is 4.16. The Morgan fingerprint density at radius 2 is 2.19 bits per heavy atom. The predicted octanol–water partition coefficient (Wildman–Crippen LogP) is 4.36. The molecule has 21 heavy (non-hydrogen) atoms. The number of amides is 1. The zero-order chi connectivity index (χ0) is 14.8. The van der Waals surface area contributed by atoms with Gasteiger partial charge in [0.05, 0.1) is 11.4 Å². The van der Waals surface area contributed by atoms with Gasteiger partial charge in [0.2, 0.25) is 5.91 Å². The maximum atomic E-state index is 11.5. The van der Waals surface area contributed by atoms with Crippen LogP contribution >= 0.6 is 11.8 Å². The van der Waals surface area contributed by atoms with E-state index in [-0.39, 0.29) is 5.91 Å². The molecule has 1 aliphatic heterocycles. The number of benzene rings is 1. The van der Waals surface area contributed by atoms with E-state index in [1.165, 1.54) is 30.6 Å². The molecule has 1 saturated carbocycles. The molecular weight excluding hydrogens is 280 g/mol. The quantitative estimate of drug-likeness (QED) is 0.872. The molecule has 1 aliphatic carbocycles. The second kappa shape index (κ2) is 6.30. The molecule has 1 amide bonds. The van der Waals surface area contributed by atoms with Gasteiger partial charge in [-0.15, -0.1) is 11.8 Å². The first kappa shape index (κ1) is 14.8. The molecule has 2 N–H and O–H groups in total. The molecule has 0 radical (unpaired) electrons. The van der Waals surface area contributed by atoms with E-state index in [1.54, 1.807) is 11.8 Å². The molecule has 114 valence electrons. The summed E-state index contributed by atoms with van der Waals surface area (Å²) in [7, 11) is 0. The Bertz CT molecular complexity index is 530. The molecule has 2 aliphatic rings. The van der Waals surface area contributed by atoms with Gasteiger partial charge in [-0.25, -0.2) is 0 Å². The van der Waals surface area contributed by atoms with Crippen molar-refractivity contribution in [3.8, 4) is 0 Å². The summed E-state index contributed by atoms with van der Waals surface area (Å²) in [5.41, 5.74) is 2.09. The number of hydrogen-bond acceptors (Lipinski definition) is 3. The van der Waals surface area contributed by atoms with Crippen LogP contribution in [0.1, 0.15) is 39.5 Å². The predicted molar refractivity (Wildman–Crippen MR) is 90.0 cm³/mol. The lowest BCUT2D eigenvalue weighted by Crippen LogP contribution is -2.29. The summed E-state index contributed by atoms with van der Waals surface area (Å²) in [5, 5.41) is 6.63. The lowest BCUT2D eigenvalue weighted by Gasteiger charge is -2.33. The second-order valence-electron chi connectivity index (χ2n) is 6.56. The highest BCUT2D eigenvalue weighted by atomic mass is 32.2. The molecule has 4 heteroatoms. The molecule has 1 heterocycles. The smallest absolute Gasteiger partial charge is 0.234 e. The minimum Gasteiger partial charge on any atom is -0.382 e. The van der Waals surface area contributed by atoms with Crippen molar-refractivity contribution < 1.29 is 4.79 Å². The van der Waals surface area contributed by atoms with Crippen molar-refractivity contribution in [3.05, 3.63) is 18.2 Å². The summed E-state index contributed by atoms with van der Waals surface area (Å²) >= 11 is 1.62. The summed E-state index contributed by atoms with van der Waals surface area (Å²) in [6.07, 6.45) is 5.20. The average molecular weight is 304 g/mol. The van der Waals surface area contributed by atoms with E-state index in [1.807, 2.05) is 0 Å². The molecule has 1 fully saturated rings. The number of fused-ring (bicyclic) bond motifs is 1. The van der Waals surface area contributed by atoms with Crippen molar-refractivity contribution in [2.24, 2.45) is 11.8 Å². The monoisotopic (exact) mass is 304 g/mol. The van der Waals surface area contributed by atoms with Gasteiger partial charge in [0, 0.05) is 16.6 Å². The Labute approximate surface area is 131 Å². The summed E-state index contributed by atoms with van der Waals surface area (Å²) in [5.74, 6) is 2.23. The van der Waals surface area contributed by atoms with Gasteiger partial charge in [0.1, 0.15) is 0 Å². The number of thioether (sulfide) groups is 1. The molecule has 0 aromatic heterocycles. The first-order chi connectivity index (χ1) is 10.1. The van der Waals surface area contributed by atoms with Crippen LogP contribution in [0, 0.1) is 11.8 Å². The van der Waals surface area contributed by atoms with Crippen molar-refractivity contribution in [3.63, 3.8) is 0 Å². The van der Waals surface area contributed by atoms with Crippen molar-refractivity contribution >= 4 is 29.0 Å². The van der Waals surface area contributed by atoms with Gasteiger partial charge in [-0.1, -0.05) is 26.7 Å². The zero-order valence-electron chi connectivity index (χ0n) is 12.8. The number of nitrogens with one attached hydrogen (secondary N) is 2. The van der Waals surface area contributed by atoms with Crippen molar-refractivity contribution in [2.45, 2.75) is 50.5 Å². The van der Waals surface area contributed by atoms with Crippen LogP contribution in [-0.4, -0.2) is 17.7 Å². The first-order valence-corrected chi connectivity index (χ1v) is 8.93. The van der Waals surface area contributed by atoms with Crippen LogP contribution in [0.2, 0.25) is 0 Å². The Morgan fingerprint density at radius 1 is 1.33 bits per heavy atom. The van der Waals surface area contributed by atoms with Gasteiger partial charge >= 0.3 is 0 Å². The maximum absolute atomic E-state index is 11.5. The van der Waals surface area contributed by atoms with Crippen LogP contribution in [0.25, 0.3) is 0 Å². The second-order valence-corrected chi connectivity index (χ2v) is 7.58. The molecular formula is C17H24N2OS. The molecule has 2 atom stereocenters. The van der Waals surface area contributed by atoms with E-state index in [0.29, 0.717) is 11.8 Å². The molecule has 0 bridgehead atoms. The third kappa shape index (κ3) is 3.54. The minimum atomic E-state index is 0.0992. The van der Waals surface area contributed by atoms with Gasteiger partial charge in [-0.3, -0.25) is 4.79 Å². The zero-order valence-corrected chi connectivity index (χ0v) is 13.6. The maximum Gasteiger partial charge on any atom is 0.234 e. The molecule has 3 nitrogen and oxygen atoms in total. The molecule has 0 saturated heterocycles. The summed E-state index contributed by atoms with van der Waals surface area (Å²) in [6.45, 7) is 4.66. The lowest BCUT2D eigenvalue weighted by atomic mass is 9.79. The summed E-state index contributed by atoms with van der Waals surface area (Å²) in [6, 6.07) is 6.90. The van der Waals surface area contributed by atoms with Gasteiger partial charge < -0.3 is 10.6 Å². The van der Waals surface area contributed by atoms with Crippen LogP contribution in [0.5, 0.6) is 0 Å². The fourth-order valence-electron chi connectivity index (χ4n) is 3.37. The molecule has 1 aromatic carbocycles. The summed E-state index contributed by atoms with van der Waals surface area (Å²) < 4.78 is 0. The third-order valence-electron chi connectivity index (χ3n) is 4.64. The number of rotatable bonds is 3. The minimum absolute atomic E-state index is 0.0992. The largest absolute Gasteiger partial charge is 0.382 e. The molecule has 0 spiro atoms. The van der Waals surface area contributed by atoms with E-state index in [0.717, 1.165) is 23.2 Å². The van der Waals surface area contributed by atoms with Crippen LogP contribution in [0.3, 0.4) is 0 Å². The fraction of sp³-hybridized carbons (Fsp3) is 0.588. The van der Waals surface area contributed by atoms with Gasteiger partial charge in [-0.05, 0) is 42.9 Å². The van der Waals surface area contributed by atoms with Gasteiger partial charge in [0.15, 0.2) is 0 Å². The number of carbonyl (C=O) groups is 1. The number of carbonyl (C=O) groups excluding carboxylic acids is 1. The lowest BCUT2D eigenvalue weighted by molar-refractivity contribution is -0.113. The third-order valence-corrected chi connectivity index (χ3v) is 5.71. The Kier molecular flexibility index (Phi) is 4.43. The Balaban J connectivity index is 1.67. The van der Waals surface area contributed by atoms with E-state index in [9.17, 15) is 4.79 Å². The highest BCUT2D eigenvalue weighted by molar-refractivity contribution is 8.00. The topological polar surface area (TPSA) is 41.1 Å². The van der Waals surface area contributed by atoms with Gasteiger partial charge in [-0.2, -0.15) is 0 Å². The van der Waals surface area contributed by atoms with E-state index < -0.39 is 0 Å². The highest BCUT2D eigenvalue weighted by Crippen LogP contribution is 2.35. The van der Waals surface area contributed by atoms with Crippen LogP contribution < -0.4 is 10.6 Å². The SMILES string of the molecule is CC(C)C1CCCC(Nc2ccc3c(c2)NC(=O)CS3)C1. The van der Waals surface area contributed by atoms with Crippen molar-refractivity contribution in [2.75, 3.05) is 16.4 Å². The first-order valence-electron chi connectivity index (χ1n) is 7.95. The highest BCUT2D eigenvalue weighted by Gasteiger charge is 2.24. The Morgan fingerprint density at radius 3 is 3.00 bits per heavy atom. The van der Waals surface area contributed by atoms with Crippen LogP contribution in [0.4, 0.5) is 11.4 Å². The van der Waals surface area contributed by atoms with E-state index >= 15 is 0 Å². The Hall–Kier alpha value is -1.16. The molecule has 3 rings (SSSR count). The number of hydrogen-bond donors (Lipinski definition) is 2. The molecule has 2 unspecified atom stereocenters.